The van der Waals surface area contributed by atoms with Crippen LogP contribution in [0.15, 0.2) is 23.6 Å². The Balaban J connectivity index is 2.05. The Labute approximate surface area is 120 Å². The topological polar surface area (TPSA) is 33.1 Å². The number of halogens is 2. The number of nitrogens with zero attached hydrogens (tertiary/aromatic N) is 1. The number of aliphatic hydroxyl groups excluding tert-OH is 1. The number of hydrogen-bond acceptors (Lipinski definition) is 3. The second kappa shape index (κ2) is 6.02. The summed E-state index contributed by atoms with van der Waals surface area (Å²) in [5.74, 6) is 0. The third-order valence-electron chi connectivity index (χ3n) is 2.58. The summed E-state index contributed by atoms with van der Waals surface area (Å²) in [5.41, 5.74) is 1.78. The average molecular weight is 302 g/mol. The number of aryl methyl sites for hydroxylation is 1. The van der Waals surface area contributed by atoms with Gasteiger partial charge in [0, 0.05) is 34.0 Å². The fourth-order valence-electron chi connectivity index (χ4n) is 1.73. The van der Waals surface area contributed by atoms with Crippen molar-refractivity contribution in [1.82, 2.24) is 4.98 Å². The Bertz CT molecular complexity index is 521. The summed E-state index contributed by atoms with van der Waals surface area (Å²) in [6.07, 6.45) is 0.449. The van der Waals surface area contributed by atoms with Gasteiger partial charge in [0.25, 0.3) is 0 Å². The summed E-state index contributed by atoms with van der Waals surface area (Å²) in [6, 6.07) is 5.36. The second-order valence-electron chi connectivity index (χ2n) is 4.14. The van der Waals surface area contributed by atoms with Gasteiger partial charge in [-0.15, -0.1) is 11.3 Å². The molecule has 0 radical (unpaired) electrons. The summed E-state index contributed by atoms with van der Waals surface area (Å²) in [6.45, 7) is 1.94. The van der Waals surface area contributed by atoms with Gasteiger partial charge in [0.1, 0.15) is 0 Å². The van der Waals surface area contributed by atoms with E-state index in [4.69, 9.17) is 23.2 Å². The normalized spacial score (nSPS) is 12.7. The zero-order valence-corrected chi connectivity index (χ0v) is 12.2. The van der Waals surface area contributed by atoms with Crippen LogP contribution in [0.2, 0.25) is 10.0 Å². The number of benzene rings is 1. The predicted molar refractivity (Wildman–Crippen MR) is 76.7 cm³/mol. The highest BCUT2D eigenvalue weighted by molar-refractivity contribution is 7.09. The molecule has 1 unspecified atom stereocenters. The first-order chi connectivity index (χ1) is 8.56. The van der Waals surface area contributed by atoms with Crippen LogP contribution >= 0.6 is 34.5 Å². The van der Waals surface area contributed by atoms with Crippen molar-refractivity contribution in [1.29, 1.82) is 0 Å². The highest BCUT2D eigenvalue weighted by atomic mass is 35.5. The van der Waals surface area contributed by atoms with Gasteiger partial charge < -0.3 is 5.11 Å². The van der Waals surface area contributed by atoms with E-state index in [1.54, 1.807) is 29.5 Å². The van der Waals surface area contributed by atoms with Crippen LogP contribution in [0.4, 0.5) is 0 Å². The van der Waals surface area contributed by atoms with E-state index in [0.717, 1.165) is 16.3 Å². The fourth-order valence-corrected chi connectivity index (χ4v) is 3.13. The lowest BCUT2D eigenvalue weighted by Crippen LogP contribution is -2.14. The number of rotatable bonds is 4. The molecule has 0 saturated carbocycles. The zero-order valence-electron chi connectivity index (χ0n) is 9.86. The molecule has 0 aliphatic carbocycles. The summed E-state index contributed by atoms with van der Waals surface area (Å²) < 4.78 is 0. The Morgan fingerprint density at radius 2 is 1.94 bits per heavy atom. The van der Waals surface area contributed by atoms with Crippen molar-refractivity contribution in [2.45, 2.75) is 25.9 Å². The molecular weight excluding hydrogens is 289 g/mol. The summed E-state index contributed by atoms with van der Waals surface area (Å²) in [7, 11) is 0. The van der Waals surface area contributed by atoms with Gasteiger partial charge in [-0.05, 0) is 24.6 Å². The molecule has 0 fully saturated rings. The molecule has 2 rings (SSSR count). The van der Waals surface area contributed by atoms with Crippen molar-refractivity contribution in [3.8, 4) is 0 Å². The van der Waals surface area contributed by atoms with Gasteiger partial charge >= 0.3 is 0 Å². The molecule has 1 atom stereocenters. The number of thiazole rings is 1. The average Bonchev–Trinajstić information content (AvgIpc) is 2.69. The Morgan fingerprint density at radius 3 is 2.50 bits per heavy atom. The maximum Gasteiger partial charge on any atom is 0.0954 e. The van der Waals surface area contributed by atoms with Gasteiger partial charge in [0.05, 0.1) is 11.1 Å². The summed E-state index contributed by atoms with van der Waals surface area (Å²) in [5, 5.41) is 14.2. The van der Waals surface area contributed by atoms with E-state index in [-0.39, 0.29) is 0 Å². The van der Waals surface area contributed by atoms with E-state index in [1.807, 2.05) is 12.3 Å². The van der Waals surface area contributed by atoms with Gasteiger partial charge in [-0.2, -0.15) is 0 Å². The van der Waals surface area contributed by atoms with Crippen molar-refractivity contribution >= 4 is 34.5 Å². The van der Waals surface area contributed by atoms with E-state index >= 15 is 0 Å². The van der Waals surface area contributed by atoms with Crippen LogP contribution in [0, 0.1) is 6.92 Å². The number of aliphatic hydroxyl groups is 1. The smallest absolute Gasteiger partial charge is 0.0954 e. The molecule has 0 spiro atoms. The van der Waals surface area contributed by atoms with Crippen LogP contribution in [0.1, 0.15) is 16.3 Å². The minimum Gasteiger partial charge on any atom is -0.392 e. The van der Waals surface area contributed by atoms with Crippen LogP contribution in [-0.2, 0) is 12.8 Å². The first-order valence-corrected chi connectivity index (χ1v) is 7.22. The molecule has 0 bridgehead atoms. The van der Waals surface area contributed by atoms with Gasteiger partial charge in [-0.1, -0.05) is 29.3 Å². The van der Waals surface area contributed by atoms with E-state index in [0.29, 0.717) is 22.9 Å². The van der Waals surface area contributed by atoms with E-state index < -0.39 is 6.10 Å². The van der Waals surface area contributed by atoms with E-state index in [1.165, 1.54) is 0 Å². The highest BCUT2D eigenvalue weighted by Crippen LogP contribution is 2.26. The third-order valence-corrected chi connectivity index (χ3v) is 4.28. The van der Waals surface area contributed by atoms with Crippen molar-refractivity contribution < 1.29 is 5.11 Å². The summed E-state index contributed by atoms with van der Waals surface area (Å²) >= 11 is 13.7. The maximum absolute atomic E-state index is 10.1. The fraction of sp³-hybridized carbons (Fsp3) is 0.308. The van der Waals surface area contributed by atoms with E-state index in [9.17, 15) is 5.11 Å². The van der Waals surface area contributed by atoms with Crippen molar-refractivity contribution in [3.63, 3.8) is 0 Å². The SMILES string of the molecule is Cc1csc(CC(O)Cc2c(Cl)cccc2Cl)n1. The lowest BCUT2D eigenvalue weighted by atomic mass is 10.1. The van der Waals surface area contributed by atoms with Gasteiger partial charge in [-0.3, -0.25) is 0 Å². The maximum atomic E-state index is 10.1. The first kappa shape index (κ1) is 13.8. The Morgan fingerprint density at radius 1 is 1.28 bits per heavy atom. The number of hydrogen-bond donors (Lipinski definition) is 1. The van der Waals surface area contributed by atoms with Crippen molar-refractivity contribution in [2.24, 2.45) is 0 Å². The lowest BCUT2D eigenvalue weighted by molar-refractivity contribution is 0.175. The molecule has 1 N–H and O–H groups in total. The highest BCUT2D eigenvalue weighted by Gasteiger charge is 2.13. The molecular formula is C13H13Cl2NOS. The minimum atomic E-state index is -0.520. The van der Waals surface area contributed by atoms with Crippen molar-refractivity contribution in [2.75, 3.05) is 0 Å². The van der Waals surface area contributed by atoms with E-state index in [2.05, 4.69) is 4.98 Å². The minimum absolute atomic E-state index is 0.442. The van der Waals surface area contributed by atoms with Crippen molar-refractivity contribution in [3.05, 3.63) is 49.9 Å². The molecule has 0 aliphatic rings. The molecule has 1 heterocycles. The lowest BCUT2D eigenvalue weighted by Gasteiger charge is -2.11. The van der Waals surface area contributed by atoms with Gasteiger partial charge in [0.15, 0.2) is 0 Å². The molecule has 5 heteroatoms. The molecule has 0 aliphatic heterocycles. The van der Waals surface area contributed by atoms with Gasteiger partial charge in [-0.25, -0.2) is 4.98 Å². The Hall–Kier alpha value is -0.610. The van der Waals surface area contributed by atoms with Crippen LogP contribution < -0.4 is 0 Å². The first-order valence-electron chi connectivity index (χ1n) is 5.58. The third kappa shape index (κ3) is 3.45. The Kier molecular flexibility index (Phi) is 4.62. The molecule has 2 aromatic rings. The quantitative estimate of drug-likeness (QED) is 0.929. The van der Waals surface area contributed by atoms with Crippen LogP contribution in [0.5, 0.6) is 0 Å². The van der Waals surface area contributed by atoms with Crippen LogP contribution in [0.25, 0.3) is 0 Å². The largest absolute Gasteiger partial charge is 0.392 e. The second-order valence-corrected chi connectivity index (χ2v) is 5.90. The molecule has 1 aromatic heterocycles. The zero-order chi connectivity index (χ0) is 13.1. The molecule has 18 heavy (non-hydrogen) atoms. The summed E-state index contributed by atoms with van der Waals surface area (Å²) in [4.78, 5) is 4.33. The molecule has 2 nitrogen and oxygen atoms in total. The molecule has 96 valence electrons. The predicted octanol–water partition coefficient (Wildman–Crippen LogP) is 3.90. The van der Waals surface area contributed by atoms with Gasteiger partial charge in [0.2, 0.25) is 0 Å². The molecule has 0 saturated heterocycles. The monoisotopic (exact) mass is 301 g/mol. The van der Waals surface area contributed by atoms with Crippen LogP contribution in [-0.4, -0.2) is 16.2 Å². The standard InChI is InChI=1S/C13H13Cl2NOS/c1-8-7-18-13(16-8)6-9(17)5-10-11(14)3-2-4-12(10)15/h2-4,7,9,17H,5-6H2,1H3. The van der Waals surface area contributed by atoms with Crippen LogP contribution in [0.3, 0.4) is 0 Å². The number of aromatic nitrogens is 1. The molecule has 0 amide bonds. The molecule has 1 aromatic carbocycles.